The van der Waals surface area contributed by atoms with Crippen molar-refractivity contribution in [3.05, 3.63) is 76.1 Å². The van der Waals surface area contributed by atoms with Gasteiger partial charge < -0.3 is 9.14 Å². The zero-order chi connectivity index (χ0) is 17.1. The van der Waals surface area contributed by atoms with Gasteiger partial charge in [-0.3, -0.25) is 0 Å². The molecule has 0 atom stereocenters. The molecule has 124 valence electrons. The Labute approximate surface area is 146 Å². The number of rotatable bonds is 5. The molecule has 0 saturated heterocycles. The number of aromatic nitrogens is 1. The predicted octanol–water partition coefficient (Wildman–Crippen LogP) is 4.92. The van der Waals surface area contributed by atoms with Gasteiger partial charge in [0, 0.05) is 28.9 Å². The highest BCUT2D eigenvalue weighted by Gasteiger charge is 2.14. The van der Waals surface area contributed by atoms with Gasteiger partial charge in [0.2, 0.25) is 0 Å². The van der Waals surface area contributed by atoms with Crippen molar-refractivity contribution in [2.24, 2.45) is 0 Å². The smallest absolute Gasteiger partial charge is 0.339 e. The maximum absolute atomic E-state index is 11.9. The van der Waals surface area contributed by atoms with Crippen LogP contribution in [0.15, 0.2) is 48.7 Å². The van der Waals surface area contributed by atoms with Crippen molar-refractivity contribution in [1.82, 2.24) is 4.40 Å². The number of halogens is 1. The van der Waals surface area contributed by atoms with Gasteiger partial charge in [-0.15, -0.1) is 0 Å². The first kappa shape index (κ1) is 16.6. The van der Waals surface area contributed by atoms with Gasteiger partial charge >= 0.3 is 5.97 Å². The molecular formula is C20H20ClNO2. The number of carbonyl (C=O) groups excluding carboxylic acids is 1. The van der Waals surface area contributed by atoms with Gasteiger partial charge in [0.15, 0.2) is 0 Å². The molecule has 1 aromatic carbocycles. The van der Waals surface area contributed by atoms with Gasteiger partial charge in [0.05, 0.1) is 12.7 Å². The number of hydrogen-bond acceptors (Lipinski definition) is 2. The molecule has 3 nitrogen and oxygen atoms in total. The molecule has 0 bridgehead atoms. The third-order valence-corrected chi connectivity index (χ3v) is 4.59. The summed E-state index contributed by atoms with van der Waals surface area (Å²) in [7, 11) is 1.40. The second-order valence-corrected chi connectivity index (χ2v) is 6.25. The fourth-order valence-electron chi connectivity index (χ4n) is 3.03. The van der Waals surface area contributed by atoms with Crippen molar-refractivity contribution >= 4 is 23.1 Å². The number of pyridine rings is 1. The summed E-state index contributed by atoms with van der Waals surface area (Å²) in [6.07, 6.45) is 4.64. The summed E-state index contributed by atoms with van der Waals surface area (Å²) in [4.78, 5) is 11.9. The van der Waals surface area contributed by atoms with E-state index >= 15 is 0 Å². The quantitative estimate of drug-likeness (QED) is 0.616. The van der Waals surface area contributed by atoms with Gasteiger partial charge in [-0.1, -0.05) is 43.1 Å². The van der Waals surface area contributed by atoms with Crippen LogP contribution in [0.2, 0.25) is 5.02 Å². The fraction of sp³-hybridized carbons (Fsp3) is 0.250. The Hall–Kier alpha value is -2.26. The Morgan fingerprint density at radius 1 is 1.17 bits per heavy atom. The van der Waals surface area contributed by atoms with Crippen molar-refractivity contribution in [1.29, 1.82) is 0 Å². The summed E-state index contributed by atoms with van der Waals surface area (Å²) in [6.45, 7) is 2.17. The molecule has 24 heavy (non-hydrogen) atoms. The van der Waals surface area contributed by atoms with E-state index in [1.807, 2.05) is 36.5 Å². The molecule has 0 amide bonds. The highest BCUT2D eigenvalue weighted by Crippen LogP contribution is 2.25. The van der Waals surface area contributed by atoms with E-state index in [1.165, 1.54) is 18.4 Å². The summed E-state index contributed by atoms with van der Waals surface area (Å²) in [5, 5.41) is 0.763. The lowest BCUT2D eigenvalue weighted by molar-refractivity contribution is 0.0600. The van der Waals surface area contributed by atoms with E-state index in [1.54, 1.807) is 6.07 Å². The molecule has 2 aromatic heterocycles. The molecule has 3 aromatic rings. The minimum absolute atomic E-state index is 0.327. The minimum Gasteiger partial charge on any atom is -0.465 e. The minimum atomic E-state index is -0.327. The molecule has 0 N–H and O–H groups in total. The molecule has 4 heteroatoms. The molecule has 0 aliphatic heterocycles. The number of aryl methyl sites for hydroxylation is 1. The lowest BCUT2D eigenvalue weighted by Crippen LogP contribution is -2.05. The second kappa shape index (κ2) is 7.10. The van der Waals surface area contributed by atoms with Crippen molar-refractivity contribution in [2.75, 3.05) is 7.11 Å². The van der Waals surface area contributed by atoms with Gasteiger partial charge in [-0.25, -0.2) is 4.79 Å². The van der Waals surface area contributed by atoms with E-state index in [9.17, 15) is 4.79 Å². The highest BCUT2D eigenvalue weighted by molar-refractivity contribution is 6.31. The summed E-state index contributed by atoms with van der Waals surface area (Å²) >= 11 is 6.34. The van der Waals surface area contributed by atoms with E-state index in [2.05, 4.69) is 17.4 Å². The standard InChI is InChI=1S/C20H20ClNO2/c1-3-6-15-11-17-10-9-16(20(23)24-2)13-22(17)19(15)12-14-7-4-5-8-18(14)21/h4-5,7-11,13H,3,6,12H2,1-2H3. The highest BCUT2D eigenvalue weighted by atomic mass is 35.5. The third-order valence-electron chi connectivity index (χ3n) is 4.22. The first-order chi connectivity index (χ1) is 11.6. The van der Waals surface area contributed by atoms with Gasteiger partial charge in [0.1, 0.15) is 0 Å². The normalized spacial score (nSPS) is 11.0. The molecule has 0 aliphatic rings. The number of carbonyl (C=O) groups is 1. The molecule has 0 radical (unpaired) electrons. The number of fused-ring (bicyclic) bond motifs is 1. The topological polar surface area (TPSA) is 30.7 Å². The van der Waals surface area contributed by atoms with Crippen LogP contribution in [0, 0.1) is 0 Å². The molecule has 3 rings (SSSR count). The first-order valence-electron chi connectivity index (χ1n) is 8.08. The van der Waals surface area contributed by atoms with Gasteiger partial charge in [-0.2, -0.15) is 0 Å². The molecule has 0 unspecified atom stereocenters. The monoisotopic (exact) mass is 341 g/mol. The maximum Gasteiger partial charge on any atom is 0.339 e. The Kier molecular flexibility index (Phi) is 4.91. The molecule has 2 heterocycles. The van der Waals surface area contributed by atoms with Crippen LogP contribution in [0.4, 0.5) is 0 Å². The van der Waals surface area contributed by atoms with Crippen molar-refractivity contribution in [3.63, 3.8) is 0 Å². The lowest BCUT2D eigenvalue weighted by Gasteiger charge is -2.09. The number of hydrogen-bond donors (Lipinski definition) is 0. The van der Waals surface area contributed by atoms with Crippen LogP contribution in [0.3, 0.4) is 0 Å². The van der Waals surface area contributed by atoms with E-state index in [4.69, 9.17) is 16.3 Å². The Bertz CT molecular complexity index is 882. The van der Waals surface area contributed by atoms with Crippen LogP contribution in [0.5, 0.6) is 0 Å². The average molecular weight is 342 g/mol. The number of esters is 1. The molecular weight excluding hydrogens is 322 g/mol. The van der Waals surface area contributed by atoms with E-state index in [0.29, 0.717) is 5.56 Å². The Morgan fingerprint density at radius 2 is 1.96 bits per heavy atom. The Morgan fingerprint density at radius 3 is 2.67 bits per heavy atom. The molecule has 0 aliphatic carbocycles. The SMILES string of the molecule is CCCc1cc2ccc(C(=O)OC)cn2c1Cc1ccccc1Cl. The predicted molar refractivity (Wildman–Crippen MR) is 97.0 cm³/mol. The van der Waals surface area contributed by atoms with Crippen LogP contribution >= 0.6 is 11.6 Å². The molecule has 0 fully saturated rings. The van der Waals surface area contributed by atoms with Crippen molar-refractivity contribution in [3.8, 4) is 0 Å². The summed E-state index contributed by atoms with van der Waals surface area (Å²) < 4.78 is 6.93. The summed E-state index contributed by atoms with van der Waals surface area (Å²) in [5.74, 6) is -0.327. The largest absolute Gasteiger partial charge is 0.465 e. The van der Waals surface area contributed by atoms with Crippen LogP contribution < -0.4 is 0 Å². The second-order valence-electron chi connectivity index (χ2n) is 5.84. The number of nitrogens with zero attached hydrogens (tertiary/aromatic N) is 1. The van der Waals surface area contributed by atoms with Crippen molar-refractivity contribution in [2.45, 2.75) is 26.2 Å². The first-order valence-corrected chi connectivity index (χ1v) is 8.46. The fourth-order valence-corrected chi connectivity index (χ4v) is 3.23. The zero-order valence-corrected chi connectivity index (χ0v) is 14.6. The summed E-state index contributed by atoms with van der Waals surface area (Å²) in [5.41, 5.74) is 5.17. The third kappa shape index (κ3) is 3.17. The van der Waals surface area contributed by atoms with E-state index < -0.39 is 0 Å². The van der Waals surface area contributed by atoms with Gasteiger partial charge in [0.25, 0.3) is 0 Å². The summed E-state index contributed by atoms with van der Waals surface area (Å²) in [6, 6.07) is 13.8. The van der Waals surface area contributed by atoms with Crippen molar-refractivity contribution < 1.29 is 9.53 Å². The zero-order valence-electron chi connectivity index (χ0n) is 13.9. The van der Waals surface area contributed by atoms with Crippen LogP contribution in [0.25, 0.3) is 5.52 Å². The van der Waals surface area contributed by atoms with Crippen LogP contribution in [0.1, 0.15) is 40.5 Å². The molecule has 0 spiro atoms. The van der Waals surface area contributed by atoms with Crippen LogP contribution in [-0.2, 0) is 17.6 Å². The van der Waals surface area contributed by atoms with Gasteiger partial charge in [-0.05, 0) is 41.8 Å². The number of methoxy groups -OCH3 is 1. The Balaban J connectivity index is 2.13. The van der Waals surface area contributed by atoms with E-state index in [0.717, 1.165) is 35.4 Å². The number of ether oxygens (including phenoxy) is 1. The number of benzene rings is 1. The lowest BCUT2D eigenvalue weighted by atomic mass is 10.0. The maximum atomic E-state index is 11.9. The average Bonchev–Trinajstić information content (AvgIpc) is 2.93. The molecule has 0 saturated carbocycles. The van der Waals surface area contributed by atoms with Crippen LogP contribution in [-0.4, -0.2) is 17.5 Å². The van der Waals surface area contributed by atoms with E-state index in [-0.39, 0.29) is 5.97 Å².